The fourth-order valence-corrected chi connectivity index (χ4v) is 2.66. The minimum absolute atomic E-state index is 0.0903. The zero-order valence-electron chi connectivity index (χ0n) is 22.2. The number of quaternary nitrogens is 1. The summed E-state index contributed by atoms with van der Waals surface area (Å²) >= 11 is 0. The van der Waals surface area contributed by atoms with Crippen molar-refractivity contribution >= 4 is 17.5 Å². The Morgan fingerprint density at radius 2 is 1.52 bits per heavy atom. The van der Waals surface area contributed by atoms with Gasteiger partial charge in [-0.25, -0.2) is 0 Å². The Labute approximate surface area is 191 Å². The summed E-state index contributed by atoms with van der Waals surface area (Å²) in [5.41, 5.74) is 0. The van der Waals surface area contributed by atoms with Gasteiger partial charge >= 0.3 is 0 Å². The highest BCUT2D eigenvalue weighted by atomic mass is 16.3. The predicted octanol–water partition coefficient (Wildman–Crippen LogP) is 0.832. The number of carbonyl (C=O) groups is 2. The summed E-state index contributed by atoms with van der Waals surface area (Å²) in [5, 5.41) is 9.18. The normalized spacial score (nSPS) is 15.0. The number of hydrogen-bond acceptors (Lipinski definition) is 4. The molecule has 1 fully saturated rings. The number of ketones is 1. The summed E-state index contributed by atoms with van der Waals surface area (Å²) in [6.45, 7) is 9.92. The lowest BCUT2D eigenvalue weighted by atomic mass is 10.2. The molecule has 0 aliphatic carbocycles. The fraction of sp³-hybridized carbons (Fsp3) is 0.870. The molecule has 0 spiro atoms. The van der Waals surface area contributed by atoms with Gasteiger partial charge in [-0.2, -0.15) is 0 Å². The lowest BCUT2D eigenvalue weighted by Gasteiger charge is -2.32. The third-order valence-electron chi connectivity index (χ3n) is 5.07. The first-order valence-corrected chi connectivity index (χ1v) is 11.2. The van der Waals surface area contributed by atoms with Gasteiger partial charge in [0.1, 0.15) is 18.4 Å². The standard InChI is InChI=1S/C10H18N2O2.C7H18NO.C6H15N2/c1-9(13)3-4-10(14)12-7-5-11(2)6-8-12;1-5-7(9)6-8(2,3)4;1-6(7(2)3)8(4)5/h3-8H2,1-2H3;7,9H,5-6H2,1-4H3;1-5H3/q;2*+1. The van der Waals surface area contributed by atoms with Crippen molar-refractivity contribution in [3.8, 4) is 0 Å². The molecule has 1 unspecified atom stereocenters. The third kappa shape index (κ3) is 18.9. The van der Waals surface area contributed by atoms with Gasteiger partial charge in [0.25, 0.3) is 0 Å². The molecule has 184 valence electrons. The molecule has 0 saturated carbocycles. The average molecular weight is 446 g/mol. The van der Waals surface area contributed by atoms with E-state index in [2.05, 4.69) is 49.5 Å². The second-order valence-electron chi connectivity index (χ2n) is 9.76. The molecule has 1 atom stereocenters. The van der Waals surface area contributed by atoms with E-state index in [-0.39, 0.29) is 17.8 Å². The number of likely N-dealkylation sites (N-methyl/N-ethyl adjacent to an activating group) is 2. The molecule has 8 heteroatoms. The monoisotopic (exact) mass is 445 g/mol. The minimum Gasteiger partial charge on any atom is -0.387 e. The number of piperazine rings is 1. The van der Waals surface area contributed by atoms with Crippen molar-refractivity contribution in [2.75, 3.05) is 89.1 Å². The second kappa shape index (κ2) is 16.2. The van der Waals surface area contributed by atoms with Gasteiger partial charge in [-0.05, 0) is 20.4 Å². The van der Waals surface area contributed by atoms with Crippen LogP contribution in [0.3, 0.4) is 0 Å². The van der Waals surface area contributed by atoms with Gasteiger partial charge in [0.2, 0.25) is 11.7 Å². The van der Waals surface area contributed by atoms with Crippen molar-refractivity contribution in [1.29, 1.82) is 0 Å². The Morgan fingerprint density at radius 1 is 1.03 bits per heavy atom. The fourth-order valence-electron chi connectivity index (χ4n) is 2.66. The summed E-state index contributed by atoms with van der Waals surface area (Å²) in [7, 11) is 16.4. The number of amides is 1. The molecule has 31 heavy (non-hydrogen) atoms. The smallest absolute Gasteiger partial charge is 0.242 e. The summed E-state index contributed by atoms with van der Waals surface area (Å²) in [4.78, 5) is 28.4. The highest BCUT2D eigenvalue weighted by molar-refractivity contribution is 5.83. The van der Waals surface area contributed by atoms with Gasteiger partial charge in [-0.1, -0.05) is 6.92 Å². The van der Waals surface area contributed by atoms with Gasteiger partial charge in [0.05, 0.1) is 49.3 Å². The molecule has 1 aliphatic heterocycles. The van der Waals surface area contributed by atoms with Crippen LogP contribution in [0.2, 0.25) is 0 Å². The number of amidine groups is 1. The zero-order valence-corrected chi connectivity index (χ0v) is 22.2. The molecule has 0 aromatic carbocycles. The van der Waals surface area contributed by atoms with Crippen LogP contribution < -0.4 is 0 Å². The molecule has 1 saturated heterocycles. The number of aliphatic hydroxyl groups excluding tert-OH is 1. The van der Waals surface area contributed by atoms with Crippen molar-refractivity contribution in [1.82, 2.24) is 14.7 Å². The number of nitrogens with zero attached hydrogens (tertiary/aromatic N) is 5. The number of Topliss-reactive ketones (excluding diaryl/α,β-unsaturated/α-hetero) is 1. The maximum absolute atomic E-state index is 11.6. The Bertz CT molecular complexity index is 544. The van der Waals surface area contributed by atoms with Crippen LogP contribution in [0, 0.1) is 0 Å². The third-order valence-corrected chi connectivity index (χ3v) is 5.07. The second-order valence-corrected chi connectivity index (χ2v) is 9.76. The zero-order chi connectivity index (χ0) is 24.8. The van der Waals surface area contributed by atoms with E-state index in [4.69, 9.17) is 0 Å². The lowest BCUT2D eigenvalue weighted by Crippen LogP contribution is -2.47. The Hall–Kier alpha value is -1.51. The molecular formula is C23H51N5O3+2. The van der Waals surface area contributed by atoms with E-state index in [1.54, 1.807) is 0 Å². The Morgan fingerprint density at radius 3 is 1.77 bits per heavy atom. The molecule has 0 bridgehead atoms. The predicted molar refractivity (Wildman–Crippen MR) is 130 cm³/mol. The largest absolute Gasteiger partial charge is 0.387 e. The van der Waals surface area contributed by atoms with Crippen LogP contribution in [0.15, 0.2) is 0 Å². The Balaban J connectivity index is 0. The van der Waals surface area contributed by atoms with Crippen LogP contribution in [-0.2, 0) is 9.59 Å². The van der Waals surface area contributed by atoms with E-state index < -0.39 is 0 Å². The average Bonchev–Trinajstić information content (AvgIpc) is 2.65. The first-order chi connectivity index (χ1) is 14.1. The van der Waals surface area contributed by atoms with Crippen LogP contribution >= 0.6 is 0 Å². The van der Waals surface area contributed by atoms with Crippen LogP contribution in [0.1, 0.15) is 40.0 Å². The molecule has 1 aliphatic rings. The highest BCUT2D eigenvalue weighted by Crippen LogP contribution is 2.03. The molecule has 1 N–H and O–H groups in total. The van der Waals surface area contributed by atoms with E-state index >= 15 is 0 Å². The SMILES string of the molecule is CC(=O)CCC(=O)N1CCN(C)CC1.CC(N(C)C)=[N+](C)C.CCC(O)C[N+](C)(C)C. The summed E-state index contributed by atoms with van der Waals surface area (Å²) in [6.07, 6.45) is 1.48. The van der Waals surface area contributed by atoms with Crippen LogP contribution in [0.4, 0.5) is 0 Å². The highest BCUT2D eigenvalue weighted by Gasteiger charge is 2.18. The van der Waals surface area contributed by atoms with Crippen molar-refractivity contribution in [3.05, 3.63) is 0 Å². The van der Waals surface area contributed by atoms with Crippen molar-refractivity contribution in [2.45, 2.75) is 46.1 Å². The van der Waals surface area contributed by atoms with E-state index in [1.165, 1.54) is 12.8 Å². The van der Waals surface area contributed by atoms with Crippen molar-refractivity contribution in [2.24, 2.45) is 0 Å². The first kappa shape index (κ1) is 31.7. The quantitative estimate of drug-likeness (QED) is 0.284. The van der Waals surface area contributed by atoms with Gasteiger partial charge in [0, 0.05) is 45.9 Å². The van der Waals surface area contributed by atoms with E-state index in [0.717, 1.165) is 43.6 Å². The Kier molecular flexibility index (Phi) is 16.5. The molecule has 0 radical (unpaired) electrons. The molecule has 1 rings (SSSR count). The number of aliphatic hydroxyl groups is 1. The van der Waals surface area contributed by atoms with Crippen molar-refractivity contribution < 1.29 is 23.8 Å². The van der Waals surface area contributed by atoms with Crippen LogP contribution in [0.25, 0.3) is 0 Å². The summed E-state index contributed by atoms with van der Waals surface area (Å²) in [5.74, 6) is 1.48. The molecule has 1 heterocycles. The summed E-state index contributed by atoms with van der Waals surface area (Å²) in [6, 6.07) is 0. The molecular weight excluding hydrogens is 394 g/mol. The molecule has 1 amide bonds. The minimum atomic E-state index is -0.134. The lowest BCUT2D eigenvalue weighted by molar-refractivity contribution is -0.873. The molecule has 0 aromatic heterocycles. The van der Waals surface area contributed by atoms with Gasteiger partial charge < -0.3 is 24.2 Å². The topological polar surface area (TPSA) is 67.1 Å². The summed E-state index contributed by atoms with van der Waals surface area (Å²) < 4.78 is 2.93. The van der Waals surface area contributed by atoms with Gasteiger partial charge in [-0.15, -0.1) is 0 Å². The number of carbonyl (C=O) groups excluding carboxylic acids is 2. The van der Waals surface area contributed by atoms with E-state index in [9.17, 15) is 14.7 Å². The van der Waals surface area contributed by atoms with Crippen molar-refractivity contribution in [3.63, 3.8) is 0 Å². The van der Waals surface area contributed by atoms with E-state index in [0.29, 0.717) is 12.8 Å². The first-order valence-electron chi connectivity index (χ1n) is 11.2. The molecule has 8 nitrogen and oxygen atoms in total. The van der Waals surface area contributed by atoms with Gasteiger partial charge in [-0.3, -0.25) is 14.3 Å². The molecule has 0 aromatic rings. The number of hydrogen-bond donors (Lipinski definition) is 1. The van der Waals surface area contributed by atoms with E-state index in [1.807, 2.05) is 40.0 Å². The van der Waals surface area contributed by atoms with Crippen LogP contribution in [0.5, 0.6) is 0 Å². The maximum atomic E-state index is 11.6. The van der Waals surface area contributed by atoms with Crippen LogP contribution in [-0.4, -0.2) is 142 Å². The number of rotatable bonds is 6. The van der Waals surface area contributed by atoms with Gasteiger partial charge in [0.15, 0.2) is 0 Å². The maximum Gasteiger partial charge on any atom is 0.242 e.